The van der Waals surface area contributed by atoms with E-state index in [0.717, 1.165) is 48.5 Å². The summed E-state index contributed by atoms with van der Waals surface area (Å²) in [5.41, 5.74) is 8.87. The zero-order valence-corrected chi connectivity index (χ0v) is 31.1. The summed E-state index contributed by atoms with van der Waals surface area (Å²) in [4.78, 5) is 0. The molecule has 0 amide bonds. The number of fused-ring (bicyclic) bond motifs is 5. The molecule has 0 aromatic carbocycles. The first-order chi connectivity index (χ1) is 21.7. The van der Waals surface area contributed by atoms with Crippen LogP contribution in [-0.4, -0.2) is 32.0 Å². The quantitative estimate of drug-likeness (QED) is 0.102. The van der Waals surface area contributed by atoms with Crippen LogP contribution in [0.5, 0.6) is 0 Å². The molecule has 9 atom stereocenters. The van der Waals surface area contributed by atoms with Crippen molar-refractivity contribution in [1.29, 1.82) is 0 Å². The molecule has 45 heavy (non-hydrogen) atoms. The van der Waals surface area contributed by atoms with Gasteiger partial charge < -0.3 is 15.2 Å². The van der Waals surface area contributed by atoms with Crippen molar-refractivity contribution in [2.75, 3.05) is 19.8 Å². The molecule has 0 aromatic heterocycles. The van der Waals surface area contributed by atoms with E-state index in [-0.39, 0.29) is 6.10 Å². The highest BCUT2D eigenvalue weighted by atomic mass is 16.5. The Morgan fingerprint density at radius 1 is 0.822 bits per heavy atom. The summed E-state index contributed by atoms with van der Waals surface area (Å²) in [5, 5.41) is 0. The first-order valence-electron chi connectivity index (χ1n) is 20.4. The van der Waals surface area contributed by atoms with E-state index in [4.69, 9.17) is 15.2 Å². The van der Waals surface area contributed by atoms with E-state index < -0.39 is 0 Å². The minimum atomic E-state index is 0.0350. The fourth-order valence-corrected chi connectivity index (χ4v) is 11.1. The van der Waals surface area contributed by atoms with Crippen molar-refractivity contribution in [2.24, 2.45) is 52.1 Å². The molecule has 262 valence electrons. The van der Waals surface area contributed by atoms with Gasteiger partial charge in [0.05, 0.1) is 18.8 Å². The van der Waals surface area contributed by atoms with Crippen molar-refractivity contribution in [1.82, 2.24) is 0 Å². The van der Waals surface area contributed by atoms with Gasteiger partial charge in [0.2, 0.25) is 0 Å². The van der Waals surface area contributed by atoms with Crippen molar-refractivity contribution in [3.8, 4) is 0 Å². The fourth-order valence-electron chi connectivity index (χ4n) is 11.1. The van der Waals surface area contributed by atoms with Crippen LogP contribution in [0.15, 0.2) is 11.6 Å². The summed E-state index contributed by atoms with van der Waals surface area (Å²) >= 11 is 0. The number of allylic oxidation sites excluding steroid dienone is 1. The van der Waals surface area contributed by atoms with Gasteiger partial charge in [0.15, 0.2) is 0 Å². The lowest BCUT2D eigenvalue weighted by Gasteiger charge is -2.58. The minimum Gasteiger partial charge on any atom is -0.379 e. The molecule has 2 N–H and O–H groups in total. The highest BCUT2D eigenvalue weighted by Crippen LogP contribution is 2.67. The van der Waals surface area contributed by atoms with Crippen molar-refractivity contribution < 1.29 is 9.47 Å². The zero-order valence-electron chi connectivity index (χ0n) is 31.1. The lowest BCUT2D eigenvalue weighted by Crippen LogP contribution is -2.51. The largest absolute Gasteiger partial charge is 0.379 e. The summed E-state index contributed by atoms with van der Waals surface area (Å²) in [5.74, 6) is 5.39. The molecule has 0 aliphatic heterocycles. The Bertz CT molecular complexity index is 869. The summed E-state index contributed by atoms with van der Waals surface area (Å²) in [7, 11) is 0. The fraction of sp³-hybridized carbons (Fsp3) is 0.952. The molecule has 4 aliphatic rings. The molecule has 4 rings (SSSR count). The molecule has 4 aliphatic carbocycles. The molecule has 3 nitrogen and oxygen atoms in total. The Labute approximate surface area is 281 Å². The normalized spacial score (nSPS) is 34.2. The van der Waals surface area contributed by atoms with E-state index in [9.17, 15) is 0 Å². The number of ether oxygens (including phenoxy) is 2. The first kappa shape index (κ1) is 37.4. The number of nitrogens with two attached hydrogens (primary N) is 1. The van der Waals surface area contributed by atoms with Crippen LogP contribution >= 0.6 is 0 Å². The third kappa shape index (κ3) is 9.84. The molecule has 0 aromatic rings. The number of unbranched alkanes of at least 4 members (excludes halogenated alkanes) is 9. The first-order valence-corrected chi connectivity index (χ1v) is 20.4. The Kier molecular flexibility index (Phi) is 15.3. The van der Waals surface area contributed by atoms with E-state index in [0.29, 0.717) is 30.1 Å². The Morgan fingerprint density at radius 2 is 1.53 bits per heavy atom. The van der Waals surface area contributed by atoms with Crippen LogP contribution in [0.1, 0.15) is 176 Å². The predicted octanol–water partition coefficient (Wildman–Crippen LogP) is 11.7. The minimum absolute atomic E-state index is 0.0350. The molecule has 3 saturated carbocycles. The van der Waals surface area contributed by atoms with Gasteiger partial charge in [-0.1, -0.05) is 130 Å². The molecule has 3 heteroatoms. The lowest BCUT2D eigenvalue weighted by molar-refractivity contribution is -0.0876. The second-order valence-electron chi connectivity index (χ2n) is 17.4. The van der Waals surface area contributed by atoms with Gasteiger partial charge in [-0.05, 0) is 104 Å². The van der Waals surface area contributed by atoms with Crippen molar-refractivity contribution in [2.45, 2.75) is 189 Å². The zero-order chi connectivity index (χ0) is 32.3. The van der Waals surface area contributed by atoms with Gasteiger partial charge in [0, 0.05) is 13.2 Å². The third-order valence-electron chi connectivity index (χ3n) is 13.9. The van der Waals surface area contributed by atoms with Crippen molar-refractivity contribution >= 4 is 0 Å². The maximum Gasteiger partial charge on any atom is 0.0934 e. The Hall–Kier alpha value is -0.380. The standard InChI is InChI=1S/C42H77NO2/c1-7-8-9-10-11-12-13-14-15-16-28-44-31-36(30-43)45-35-24-26-41(5)34(29-35)20-21-37-39-23-22-38(33(4)19-17-18-32(2)3)42(39,6)27-25-40(37)41/h20,32-33,35-40H,7-19,21-31,43H2,1-6H3/t33-,35?,36?,37?,38-,39?,40?,41+,42-/m1/s1. The van der Waals surface area contributed by atoms with Crippen LogP contribution in [0.3, 0.4) is 0 Å². The number of hydrogen-bond acceptors (Lipinski definition) is 3. The van der Waals surface area contributed by atoms with E-state index in [1.807, 2.05) is 0 Å². The lowest BCUT2D eigenvalue weighted by atomic mass is 9.47. The van der Waals surface area contributed by atoms with Crippen LogP contribution in [0.4, 0.5) is 0 Å². The number of rotatable bonds is 21. The van der Waals surface area contributed by atoms with Gasteiger partial charge in [-0.25, -0.2) is 0 Å². The van der Waals surface area contributed by atoms with Crippen molar-refractivity contribution in [3.63, 3.8) is 0 Å². The second kappa shape index (κ2) is 18.4. The maximum atomic E-state index is 6.65. The SMILES string of the molecule is CCCCCCCCCCCCOCC(CN)OC1CC[C@@]2(C)C(=CCC3C2CC[C@@]2(C)C3CC[C@@H]2[C@H](C)CCCC(C)C)C1. The predicted molar refractivity (Wildman–Crippen MR) is 193 cm³/mol. The Morgan fingerprint density at radius 3 is 2.22 bits per heavy atom. The summed E-state index contributed by atoms with van der Waals surface area (Å²) in [6.45, 7) is 17.1. The molecule has 0 heterocycles. The van der Waals surface area contributed by atoms with E-state index in [1.54, 1.807) is 5.57 Å². The van der Waals surface area contributed by atoms with Crippen LogP contribution in [-0.2, 0) is 9.47 Å². The van der Waals surface area contributed by atoms with Gasteiger partial charge in [-0.15, -0.1) is 0 Å². The topological polar surface area (TPSA) is 44.5 Å². The van der Waals surface area contributed by atoms with Gasteiger partial charge >= 0.3 is 0 Å². The van der Waals surface area contributed by atoms with Crippen LogP contribution < -0.4 is 5.73 Å². The van der Waals surface area contributed by atoms with E-state index in [2.05, 4.69) is 47.6 Å². The monoisotopic (exact) mass is 628 g/mol. The molecule has 5 unspecified atom stereocenters. The average molecular weight is 628 g/mol. The summed E-state index contributed by atoms with van der Waals surface area (Å²) in [6, 6.07) is 0. The molecule has 0 saturated heterocycles. The molecule has 0 bridgehead atoms. The summed E-state index contributed by atoms with van der Waals surface area (Å²) < 4.78 is 12.7. The Balaban J connectivity index is 1.19. The highest BCUT2D eigenvalue weighted by molar-refractivity contribution is 5.25. The molecule has 0 radical (unpaired) electrons. The number of hydrogen-bond donors (Lipinski definition) is 1. The molecular formula is C42H77NO2. The van der Waals surface area contributed by atoms with Crippen molar-refractivity contribution in [3.05, 3.63) is 11.6 Å². The van der Waals surface area contributed by atoms with Crippen LogP contribution in [0.25, 0.3) is 0 Å². The molecule has 3 fully saturated rings. The maximum absolute atomic E-state index is 6.65. The average Bonchev–Trinajstić information content (AvgIpc) is 3.38. The van der Waals surface area contributed by atoms with E-state index in [1.165, 1.54) is 128 Å². The highest BCUT2D eigenvalue weighted by Gasteiger charge is 2.59. The van der Waals surface area contributed by atoms with Gasteiger partial charge in [-0.2, -0.15) is 0 Å². The van der Waals surface area contributed by atoms with Gasteiger partial charge in [0.1, 0.15) is 0 Å². The third-order valence-corrected chi connectivity index (χ3v) is 13.9. The summed E-state index contributed by atoms with van der Waals surface area (Å²) in [6.07, 6.45) is 31.7. The van der Waals surface area contributed by atoms with Gasteiger partial charge in [-0.3, -0.25) is 0 Å². The van der Waals surface area contributed by atoms with E-state index >= 15 is 0 Å². The molecular weight excluding hydrogens is 550 g/mol. The molecule has 0 spiro atoms. The second-order valence-corrected chi connectivity index (χ2v) is 17.4. The van der Waals surface area contributed by atoms with Gasteiger partial charge in [0.25, 0.3) is 0 Å². The van der Waals surface area contributed by atoms with Crippen LogP contribution in [0, 0.1) is 46.3 Å². The van der Waals surface area contributed by atoms with Crippen LogP contribution in [0.2, 0.25) is 0 Å². The smallest absolute Gasteiger partial charge is 0.0934 e.